The highest BCUT2D eigenvalue weighted by Gasteiger charge is 2.35. The van der Waals surface area contributed by atoms with Crippen molar-refractivity contribution in [1.82, 2.24) is 10.2 Å². The summed E-state index contributed by atoms with van der Waals surface area (Å²) in [5.41, 5.74) is 0.752. The molecule has 0 saturated carbocycles. The third kappa shape index (κ3) is 5.70. The van der Waals surface area contributed by atoms with Gasteiger partial charge in [0.2, 0.25) is 0 Å². The molecule has 2 nitrogen and oxygen atoms in total. The molecule has 0 bridgehead atoms. The molecule has 0 aliphatic carbocycles. The number of alkyl halides is 3. The number of rotatable bonds is 4. The molecule has 2 rings (SSSR count). The third-order valence-electron chi connectivity index (χ3n) is 3.52. The number of nitrogens with one attached hydrogen (secondary N) is 1. The molecule has 1 atom stereocenters. The van der Waals surface area contributed by atoms with Crippen LogP contribution in [0.3, 0.4) is 0 Å². The molecule has 21 heavy (non-hydrogen) atoms. The second kappa shape index (κ2) is 8.27. The molecule has 7 heteroatoms. The number of thioether (sulfide) groups is 1. The van der Waals surface area contributed by atoms with Gasteiger partial charge in [-0.1, -0.05) is 12.1 Å². The van der Waals surface area contributed by atoms with E-state index in [1.807, 2.05) is 35.4 Å². The lowest BCUT2D eigenvalue weighted by Crippen LogP contribution is -2.46. The van der Waals surface area contributed by atoms with Crippen LogP contribution in [-0.2, 0) is 0 Å². The van der Waals surface area contributed by atoms with E-state index in [1.165, 1.54) is 0 Å². The fourth-order valence-corrected chi connectivity index (χ4v) is 2.91. The van der Waals surface area contributed by atoms with E-state index in [0.717, 1.165) is 23.5 Å². The SMILES string of the molecule is CSc1ccc([C@@H](CC(F)(F)F)N2CCNCC2)cc1.Cl. The zero-order chi connectivity index (χ0) is 14.6. The van der Waals surface area contributed by atoms with Crippen LogP contribution in [0.4, 0.5) is 13.2 Å². The highest BCUT2D eigenvalue weighted by atomic mass is 35.5. The Balaban J connectivity index is 0.00000220. The Bertz CT molecular complexity index is 419. The van der Waals surface area contributed by atoms with Gasteiger partial charge in [-0.25, -0.2) is 0 Å². The Hall–Kier alpha value is -0.430. The summed E-state index contributed by atoms with van der Waals surface area (Å²) in [6.07, 6.45) is -2.97. The molecular weight excluding hydrogens is 321 g/mol. The lowest BCUT2D eigenvalue weighted by atomic mass is 10.0. The lowest BCUT2D eigenvalue weighted by molar-refractivity contribution is -0.148. The number of hydrogen-bond acceptors (Lipinski definition) is 3. The Morgan fingerprint density at radius 2 is 1.76 bits per heavy atom. The summed E-state index contributed by atoms with van der Waals surface area (Å²) in [5.74, 6) is 0. The maximum atomic E-state index is 12.8. The van der Waals surface area contributed by atoms with Gasteiger partial charge in [0.05, 0.1) is 6.42 Å². The van der Waals surface area contributed by atoms with Crippen molar-refractivity contribution in [3.63, 3.8) is 0 Å². The topological polar surface area (TPSA) is 15.3 Å². The van der Waals surface area contributed by atoms with Gasteiger partial charge in [0.25, 0.3) is 0 Å². The standard InChI is InChI=1S/C14H19F3N2S.ClH/c1-20-12-4-2-11(3-5-12)13(10-14(15,16)17)19-8-6-18-7-9-19;/h2-5,13,18H,6-10H2,1H3;1H/t13-;/m1./s1. The minimum atomic E-state index is -4.15. The van der Waals surface area contributed by atoms with Crippen LogP contribution in [0.1, 0.15) is 18.0 Å². The van der Waals surface area contributed by atoms with E-state index >= 15 is 0 Å². The van der Waals surface area contributed by atoms with E-state index in [9.17, 15) is 13.2 Å². The average Bonchev–Trinajstić information content (AvgIpc) is 2.45. The maximum Gasteiger partial charge on any atom is 0.390 e. The average molecular weight is 341 g/mol. The highest BCUT2D eigenvalue weighted by Crippen LogP contribution is 2.34. The fraction of sp³-hybridized carbons (Fsp3) is 0.571. The summed E-state index contributed by atoms with van der Waals surface area (Å²) >= 11 is 1.59. The molecule has 120 valence electrons. The number of piperazine rings is 1. The van der Waals surface area contributed by atoms with Crippen molar-refractivity contribution < 1.29 is 13.2 Å². The van der Waals surface area contributed by atoms with Crippen molar-refractivity contribution in [1.29, 1.82) is 0 Å². The third-order valence-corrected chi connectivity index (χ3v) is 4.26. The molecule has 1 heterocycles. The van der Waals surface area contributed by atoms with Gasteiger partial charge in [0.15, 0.2) is 0 Å². The van der Waals surface area contributed by atoms with Crippen LogP contribution in [0.15, 0.2) is 29.2 Å². The van der Waals surface area contributed by atoms with Crippen LogP contribution in [0.5, 0.6) is 0 Å². The van der Waals surface area contributed by atoms with Crippen molar-refractivity contribution >= 4 is 24.2 Å². The smallest absolute Gasteiger partial charge is 0.314 e. The Labute approximate surface area is 133 Å². The van der Waals surface area contributed by atoms with E-state index in [0.29, 0.717) is 13.1 Å². The van der Waals surface area contributed by atoms with Crippen molar-refractivity contribution in [3.8, 4) is 0 Å². The van der Waals surface area contributed by atoms with Gasteiger partial charge in [-0.2, -0.15) is 13.2 Å². The molecule has 0 amide bonds. The Kier molecular flexibility index (Phi) is 7.33. The van der Waals surface area contributed by atoms with E-state index in [1.54, 1.807) is 11.8 Å². The predicted octanol–water partition coefficient (Wildman–Crippen LogP) is 3.73. The van der Waals surface area contributed by atoms with Gasteiger partial charge in [-0.15, -0.1) is 24.2 Å². The first-order chi connectivity index (χ1) is 9.49. The molecule has 1 aliphatic heterocycles. The van der Waals surface area contributed by atoms with Gasteiger partial charge in [0.1, 0.15) is 0 Å². The number of hydrogen-bond donors (Lipinski definition) is 1. The molecule has 0 spiro atoms. The zero-order valence-corrected chi connectivity index (χ0v) is 13.5. The molecule has 1 fully saturated rings. The minimum absolute atomic E-state index is 0. The fourth-order valence-electron chi connectivity index (χ4n) is 2.50. The molecule has 1 aromatic rings. The Morgan fingerprint density at radius 3 is 2.24 bits per heavy atom. The van der Waals surface area contributed by atoms with Gasteiger partial charge >= 0.3 is 6.18 Å². The van der Waals surface area contributed by atoms with Gasteiger partial charge in [-0.3, -0.25) is 4.90 Å². The van der Waals surface area contributed by atoms with Gasteiger partial charge < -0.3 is 5.32 Å². The van der Waals surface area contributed by atoms with Crippen LogP contribution >= 0.6 is 24.2 Å². The lowest BCUT2D eigenvalue weighted by Gasteiger charge is -2.35. The molecular formula is C14H20ClF3N2S. The summed E-state index contributed by atoms with van der Waals surface area (Å²) in [6.45, 7) is 2.81. The molecule has 1 N–H and O–H groups in total. The van der Waals surface area contributed by atoms with Gasteiger partial charge in [-0.05, 0) is 24.0 Å². The predicted molar refractivity (Wildman–Crippen MR) is 83.3 cm³/mol. The number of nitrogens with zero attached hydrogens (tertiary/aromatic N) is 1. The first-order valence-electron chi connectivity index (χ1n) is 6.65. The van der Waals surface area contributed by atoms with Crippen molar-refractivity contribution in [2.75, 3.05) is 32.4 Å². The van der Waals surface area contributed by atoms with Gasteiger partial charge in [0, 0.05) is 37.1 Å². The van der Waals surface area contributed by atoms with E-state index in [2.05, 4.69) is 5.32 Å². The monoisotopic (exact) mass is 340 g/mol. The summed E-state index contributed by atoms with van der Waals surface area (Å²) < 4.78 is 38.5. The molecule has 1 aliphatic rings. The minimum Gasteiger partial charge on any atom is -0.314 e. The first-order valence-corrected chi connectivity index (χ1v) is 7.87. The molecule has 1 aromatic carbocycles. The van der Waals surface area contributed by atoms with Crippen LogP contribution in [0, 0.1) is 0 Å². The quantitative estimate of drug-likeness (QED) is 0.841. The van der Waals surface area contributed by atoms with Crippen LogP contribution in [0.2, 0.25) is 0 Å². The zero-order valence-electron chi connectivity index (χ0n) is 11.8. The van der Waals surface area contributed by atoms with Crippen LogP contribution in [0.25, 0.3) is 0 Å². The Morgan fingerprint density at radius 1 is 1.19 bits per heavy atom. The maximum absolute atomic E-state index is 12.8. The van der Waals surface area contributed by atoms with Crippen molar-refractivity contribution in [2.24, 2.45) is 0 Å². The molecule has 0 unspecified atom stereocenters. The summed E-state index contributed by atoms with van der Waals surface area (Å²) in [6, 6.07) is 6.86. The van der Waals surface area contributed by atoms with E-state index < -0.39 is 18.6 Å². The second-order valence-electron chi connectivity index (χ2n) is 4.89. The van der Waals surface area contributed by atoms with Crippen LogP contribution < -0.4 is 5.32 Å². The second-order valence-corrected chi connectivity index (χ2v) is 5.77. The van der Waals surface area contributed by atoms with Crippen molar-refractivity contribution in [2.45, 2.75) is 23.5 Å². The van der Waals surface area contributed by atoms with E-state index in [-0.39, 0.29) is 12.4 Å². The largest absolute Gasteiger partial charge is 0.390 e. The number of halogens is 4. The first kappa shape index (κ1) is 18.6. The molecule has 0 aromatic heterocycles. The highest BCUT2D eigenvalue weighted by molar-refractivity contribution is 7.98. The summed E-state index contributed by atoms with van der Waals surface area (Å²) in [7, 11) is 0. The number of benzene rings is 1. The normalized spacial score (nSPS) is 18.1. The molecule has 1 saturated heterocycles. The summed E-state index contributed by atoms with van der Waals surface area (Å²) in [5, 5.41) is 3.18. The summed E-state index contributed by atoms with van der Waals surface area (Å²) in [4.78, 5) is 3.00. The van der Waals surface area contributed by atoms with Crippen LogP contribution in [-0.4, -0.2) is 43.5 Å². The van der Waals surface area contributed by atoms with Crippen molar-refractivity contribution in [3.05, 3.63) is 29.8 Å². The van der Waals surface area contributed by atoms with E-state index in [4.69, 9.17) is 0 Å². The molecule has 0 radical (unpaired) electrons.